The highest BCUT2D eigenvalue weighted by atomic mass is 14.7. The molecule has 0 radical (unpaired) electrons. The molecule has 0 amide bonds. The van der Waals surface area contributed by atoms with Crippen molar-refractivity contribution in [3.05, 3.63) is 23.9 Å². The molecule has 0 aromatic heterocycles. The highest BCUT2D eigenvalue weighted by Crippen LogP contribution is 2.22. The molecule has 0 aliphatic heterocycles. The van der Waals surface area contributed by atoms with E-state index in [1.165, 1.54) is 0 Å². The van der Waals surface area contributed by atoms with Crippen LogP contribution < -0.4 is 0 Å². The largest absolute Gasteiger partial charge is 0.261 e. The van der Waals surface area contributed by atoms with E-state index in [9.17, 15) is 0 Å². The Morgan fingerprint density at radius 3 is 2.07 bits per heavy atom. The first kappa shape index (κ1) is 13.2. The topological polar surface area (TPSA) is 12.4 Å². The second kappa shape index (κ2) is 5.14. The summed E-state index contributed by atoms with van der Waals surface area (Å²) in [5.74, 6) is 0.476. The Kier molecular flexibility index (Phi) is 4.82. The van der Waals surface area contributed by atoms with Crippen LogP contribution >= 0.6 is 0 Å². The summed E-state index contributed by atoms with van der Waals surface area (Å²) in [6.45, 7) is 16.8. The van der Waals surface area contributed by atoms with Crippen molar-refractivity contribution in [3.63, 3.8) is 0 Å². The molecule has 0 aliphatic carbocycles. The first-order chi connectivity index (χ1) is 6.29. The molecule has 0 rings (SSSR count). The van der Waals surface area contributed by atoms with Gasteiger partial charge in [0.2, 0.25) is 0 Å². The zero-order valence-corrected chi connectivity index (χ0v) is 10.4. The summed E-state index contributed by atoms with van der Waals surface area (Å²) in [6, 6.07) is 0. The van der Waals surface area contributed by atoms with E-state index in [2.05, 4.69) is 52.3 Å². The van der Waals surface area contributed by atoms with Crippen molar-refractivity contribution in [1.82, 2.24) is 0 Å². The molecule has 0 fully saturated rings. The number of nitrogens with zero attached hydrogens (tertiary/aromatic N) is 1. The lowest BCUT2D eigenvalue weighted by Crippen LogP contribution is -2.09. The maximum atomic E-state index is 4.44. The Bertz CT molecular complexity index is 249. The van der Waals surface area contributed by atoms with Crippen LogP contribution in [0.5, 0.6) is 0 Å². The number of allylic oxidation sites excluding steroid dienone is 3. The smallest absolute Gasteiger partial charge is 0.0386 e. The Hall–Kier alpha value is -0.850. The first-order valence-electron chi connectivity index (χ1n) is 5.18. The molecule has 1 nitrogen and oxygen atoms in total. The second-order valence-electron chi connectivity index (χ2n) is 4.90. The minimum Gasteiger partial charge on any atom is -0.261 e. The lowest BCUT2D eigenvalue weighted by Gasteiger charge is -2.18. The van der Waals surface area contributed by atoms with Gasteiger partial charge in [-0.3, -0.25) is 4.99 Å². The maximum absolute atomic E-state index is 4.44. The van der Waals surface area contributed by atoms with Crippen LogP contribution in [0.15, 0.2) is 28.9 Å². The molecule has 0 unspecified atom stereocenters. The van der Waals surface area contributed by atoms with Gasteiger partial charge in [-0.2, -0.15) is 0 Å². The molecule has 0 aromatic carbocycles. The van der Waals surface area contributed by atoms with E-state index in [0.29, 0.717) is 5.92 Å². The Morgan fingerprint density at radius 2 is 1.79 bits per heavy atom. The van der Waals surface area contributed by atoms with E-state index in [0.717, 1.165) is 11.3 Å². The molecule has 0 N–H and O–H groups in total. The zero-order chi connectivity index (χ0) is 11.4. The normalized spacial score (nSPS) is 14.1. The van der Waals surface area contributed by atoms with Crippen LogP contribution in [0.2, 0.25) is 0 Å². The lowest BCUT2D eigenvalue weighted by atomic mass is 9.88. The summed E-state index contributed by atoms with van der Waals surface area (Å²) in [5, 5.41) is 0. The molecule has 0 atom stereocenters. The zero-order valence-electron chi connectivity index (χ0n) is 10.4. The minimum absolute atomic E-state index is 0.110. The number of hydrogen-bond acceptors (Lipinski definition) is 1. The standard InChI is InChI=1S/C13H23N/c1-8-12(10(2)3)14-9-11(4)13(5,6)7/h8-10H,4H2,1-3,5-7H3/b12-8-,14-9-. The number of aliphatic imine (C=N–C) groups is 1. The lowest BCUT2D eigenvalue weighted by molar-refractivity contribution is 0.528. The van der Waals surface area contributed by atoms with E-state index < -0.39 is 0 Å². The van der Waals surface area contributed by atoms with E-state index in [1.54, 1.807) is 0 Å². The van der Waals surface area contributed by atoms with Crippen LogP contribution in [0.1, 0.15) is 41.5 Å². The summed E-state index contributed by atoms with van der Waals surface area (Å²) in [5.41, 5.74) is 2.30. The Balaban J connectivity index is 4.53. The van der Waals surface area contributed by atoms with Gasteiger partial charge in [-0.25, -0.2) is 0 Å². The highest BCUT2D eigenvalue weighted by Gasteiger charge is 2.12. The van der Waals surface area contributed by atoms with Gasteiger partial charge in [0.25, 0.3) is 0 Å². The van der Waals surface area contributed by atoms with Gasteiger partial charge in [0.05, 0.1) is 0 Å². The fraction of sp³-hybridized carbons (Fsp3) is 0.615. The van der Waals surface area contributed by atoms with E-state index >= 15 is 0 Å². The van der Waals surface area contributed by atoms with E-state index in [-0.39, 0.29) is 5.41 Å². The Labute approximate surface area is 88.6 Å². The Morgan fingerprint density at radius 1 is 1.29 bits per heavy atom. The van der Waals surface area contributed by atoms with E-state index in [1.807, 2.05) is 13.1 Å². The van der Waals surface area contributed by atoms with Crippen LogP contribution in [-0.2, 0) is 0 Å². The van der Waals surface area contributed by atoms with Gasteiger partial charge >= 0.3 is 0 Å². The number of hydrogen-bond donors (Lipinski definition) is 0. The van der Waals surface area contributed by atoms with Crippen LogP contribution in [0.4, 0.5) is 0 Å². The van der Waals surface area contributed by atoms with Gasteiger partial charge in [-0.05, 0) is 23.8 Å². The van der Waals surface area contributed by atoms with E-state index in [4.69, 9.17) is 0 Å². The SMILES string of the molecule is C=C(/C=N\C(=C/C)C(C)C)C(C)(C)C. The molecular weight excluding hydrogens is 170 g/mol. The highest BCUT2D eigenvalue weighted by molar-refractivity contribution is 5.80. The van der Waals surface area contributed by atoms with Crippen LogP contribution in [0, 0.1) is 11.3 Å². The molecule has 0 aliphatic rings. The van der Waals surface area contributed by atoms with Gasteiger partial charge in [0.1, 0.15) is 0 Å². The van der Waals surface area contributed by atoms with Crippen molar-refractivity contribution < 1.29 is 0 Å². The number of rotatable bonds is 3. The molecule has 80 valence electrons. The van der Waals surface area contributed by atoms with Gasteiger partial charge in [-0.15, -0.1) is 0 Å². The van der Waals surface area contributed by atoms with Gasteiger partial charge < -0.3 is 0 Å². The molecule has 14 heavy (non-hydrogen) atoms. The fourth-order valence-electron chi connectivity index (χ4n) is 0.903. The van der Waals surface area contributed by atoms with Crippen LogP contribution in [0.3, 0.4) is 0 Å². The predicted molar refractivity (Wildman–Crippen MR) is 65.7 cm³/mol. The van der Waals surface area contributed by atoms with Crippen molar-refractivity contribution in [2.45, 2.75) is 41.5 Å². The molecule has 1 heteroatoms. The van der Waals surface area contributed by atoms with Crippen molar-refractivity contribution in [3.8, 4) is 0 Å². The maximum Gasteiger partial charge on any atom is 0.0386 e. The summed E-state index contributed by atoms with van der Waals surface area (Å²) >= 11 is 0. The monoisotopic (exact) mass is 193 g/mol. The summed E-state index contributed by atoms with van der Waals surface area (Å²) in [6.07, 6.45) is 3.94. The average molecular weight is 193 g/mol. The molecule has 0 saturated heterocycles. The van der Waals surface area contributed by atoms with Crippen molar-refractivity contribution in [2.24, 2.45) is 16.3 Å². The van der Waals surface area contributed by atoms with Crippen molar-refractivity contribution in [1.29, 1.82) is 0 Å². The molecule has 0 heterocycles. The molecule has 0 bridgehead atoms. The minimum atomic E-state index is 0.110. The third-order valence-corrected chi connectivity index (χ3v) is 2.22. The molecular formula is C13H23N. The fourth-order valence-corrected chi connectivity index (χ4v) is 0.903. The summed E-state index contributed by atoms with van der Waals surface area (Å²) in [7, 11) is 0. The molecule has 0 aromatic rings. The van der Waals surface area contributed by atoms with Gasteiger partial charge in [0, 0.05) is 11.9 Å². The third-order valence-electron chi connectivity index (χ3n) is 2.22. The quantitative estimate of drug-likeness (QED) is 0.595. The third kappa shape index (κ3) is 4.40. The molecule has 0 saturated carbocycles. The summed E-state index contributed by atoms with van der Waals surface area (Å²) in [4.78, 5) is 4.44. The van der Waals surface area contributed by atoms with Crippen LogP contribution in [-0.4, -0.2) is 6.21 Å². The predicted octanol–water partition coefficient (Wildman–Crippen LogP) is 4.22. The van der Waals surface area contributed by atoms with Gasteiger partial charge in [-0.1, -0.05) is 47.3 Å². The van der Waals surface area contributed by atoms with Crippen LogP contribution in [0.25, 0.3) is 0 Å². The molecule has 0 spiro atoms. The second-order valence-corrected chi connectivity index (χ2v) is 4.90. The average Bonchev–Trinajstić information content (AvgIpc) is 2.02. The van der Waals surface area contributed by atoms with Gasteiger partial charge in [0.15, 0.2) is 0 Å². The summed E-state index contributed by atoms with van der Waals surface area (Å²) < 4.78 is 0. The first-order valence-corrected chi connectivity index (χ1v) is 5.18. The van der Waals surface area contributed by atoms with Crippen molar-refractivity contribution in [2.75, 3.05) is 0 Å². The van der Waals surface area contributed by atoms with Crippen molar-refractivity contribution >= 4 is 6.21 Å².